The molecular weight excluding hydrogens is 466 g/mol. The Kier molecular flexibility index (Phi) is 6.78. The first-order valence-corrected chi connectivity index (χ1v) is 10.8. The predicted octanol–water partition coefficient (Wildman–Crippen LogP) is 2.66. The van der Waals surface area contributed by atoms with Crippen molar-refractivity contribution in [2.75, 3.05) is 6.61 Å². The molecule has 2 aromatic rings. The van der Waals surface area contributed by atoms with Crippen molar-refractivity contribution in [2.24, 2.45) is 0 Å². The Balaban J connectivity index is 1.34. The number of carbonyl (C=O) groups excluding carboxylic acids is 3. The highest BCUT2D eigenvalue weighted by molar-refractivity contribution is 6.32. The molecule has 1 saturated heterocycles. The Morgan fingerprint density at radius 2 is 1.85 bits per heavy atom. The molecule has 2 amide bonds. The largest absolute Gasteiger partial charge is 0.484 e. The van der Waals surface area contributed by atoms with Crippen LogP contribution in [-0.2, 0) is 25.7 Å². The fourth-order valence-corrected chi connectivity index (χ4v) is 4.10. The number of halogens is 1. The molecule has 0 aromatic heterocycles. The van der Waals surface area contributed by atoms with Crippen molar-refractivity contribution in [1.29, 1.82) is 0 Å². The number of hydrogen-bond donors (Lipinski definition) is 1. The Labute approximate surface area is 199 Å². The van der Waals surface area contributed by atoms with E-state index in [4.69, 9.17) is 21.1 Å². The number of nitrogens with zero attached hydrogens (tertiary/aromatic N) is 2. The van der Waals surface area contributed by atoms with Crippen LogP contribution >= 0.6 is 11.6 Å². The summed E-state index contributed by atoms with van der Waals surface area (Å²) >= 11 is 6.25. The Hall–Kier alpha value is -3.92. The average Bonchev–Trinajstić information content (AvgIpc) is 2.85. The molecule has 10 nitrogen and oxygen atoms in total. The zero-order valence-electron chi connectivity index (χ0n) is 17.8. The summed E-state index contributed by atoms with van der Waals surface area (Å²) in [6.07, 6.45) is 0.832. The number of benzene rings is 2. The predicted molar refractivity (Wildman–Crippen MR) is 120 cm³/mol. The van der Waals surface area contributed by atoms with Gasteiger partial charge in [-0.1, -0.05) is 29.8 Å². The third-order valence-corrected chi connectivity index (χ3v) is 5.89. The van der Waals surface area contributed by atoms with Gasteiger partial charge in [-0.3, -0.25) is 24.6 Å². The number of nitrogens with one attached hydrogen (secondary N) is 1. The van der Waals surface area contributed by atoms with Gasteiger partial charge in [-0.2, -0.15) is 0 Å². The number of amides is 2. The minimum atomic E-state index is -0.783. The van der Waals surface area contributed by atoms with Crippen LogP contribution in [0.2, 0.25) is 0 Å². The number of nitro groups is 1. The van der Waals surface area contributed by atoms with Gasteiger partial charge in [0.25, 0.3) is 17.5 Å². The number of hydrogen-bond acceptors (Lipinski definition) is 7. The van der Waals surface area contributed by atoms with E-state index in [0.29, 0.717) is 24.2 Å². The minimum Gasteiger partial charge on any atom is -0.484 e. The molecule has 0 spiro atoms. The molecular formula is C23H20ClN3O7. The first-order valence-electron chi connectivity index (χ1n) is 10.4. The van der Waals surface area contributed by atoms with Crippen LogP contribution in [0.5, 0.6) is 5.75 Å². The number of para-hydroxylation sites is 1. The van der Waals surface area contributed by atoms with E-state index in [0.717, 1.165) is 0 Å². The van der Waals surface area contributed by atoms with E-state index in [1.807, 2.05) is 6.07 Å². The van der Waals surface area contributed by atoms with Crippen LogP contribution in [0.15, 0.2) is 65.3 Å². The van der Waals surface area contributed by atoms with E-state index < -0.39 is 34.8 Å². The lowest BCUT2D eigenvalue weighted by molar-refractivity contribution is -0.384. The van der Waals surface area contributed by atoms with E-state index >= 15 is 0 Å². The highest BCUT2D eigenvalue weighted by Gasteiger charge is 2.53. The number of fused-ring (bicyclic) bond motifs is 1. The summed E-state index contributed by atoms with van der Waals surface area (Å²) in [7, 11) is 0. The van der Waals surface area contributed by atoms with Crippen molar-refractivity contribution < 1.29 is 28.8 Å². The molecule has 2 aliphatic rings. The lowest BCUT2D eigenvalue weighted by Gasteiger charge is -2.49. The van der Waals surface area contributed by atoms with E-state index in [1.165, 1.54) is 29.2 Å². The molecule has 0 unspecified atom stereocenters. The van der Waals surface area contributed by atoms with Gasteiger partial charge in [0.05, 0.1) is 11.0 Å². The first kappa shape index (κ1) is 23.2. The van der Waals surface area contributed by atoms with Gasteiger partial charge in [-0.15, -0.1) is 0 Å². The molecule has 1 fully saturated rings. The molecule has 1 N–H and O–H groups in total. The Morgan fingerprint density at radius 1 is 1.15 bits per heavy atom. The quantitative estimate of drug-likeness (QED) is 0.263. The highest BCUT2D eigenvalue weighted by Crippen LogP contribution is 2.38. The molecule has 2 aliphatic heterocycles. The molecule has 0 radical (unpaired) electrons. The van der Waals surface area contributed by atoms with Gasteiger partial charge in [0, 0.05) is 17.2 Å². The number of ether oxygens (including phenoxy) is 2. The van der Waals surface area contributed by atoms with Gasteiger partial charge in [0.1, 0.15) is 24.1 Å². The summed E-state index contributed by atoms with van der Waals surface area (Å²) in [6, 6.07) is 13.2. The average molecular weight is 486 g/mol. The molecule has 2 aromatic carbocycles. The van der Waals surface area contributed by atoms with Crippen LogP contribution in [0.4, 0.5) is 5.69 Å². The lowest BCUT2D eigenvalue weighted by Crippen LogP contribution is -2.71. The van der Waals surface area contributed by atoms with E-state index in [2.05, 4.69) is 5.32 Å². The molecule has 4 rings (SSSR count). The third kappa shape index (κ3) is 4.86. The second-order valence-corrected chi connectivity index (χ2v) is 8.17. The van der Waals surface area contributed by atoms with Crippen LogP contribution in [0.3, 0.4) is 0 Å². The smallest absolute Gasteiger partial charge is 0.356 e. The molecule has 2 atom stereocenters. The summed E-state index contributed by atoms with van der Waals surface area (Å²) < 4.78 is 10.7. The molecule has 34 heavy (non-hydrogen) atoms. The van der Waals surface area contributed by atoms with E-state index in [1.54, 1.807) is 24.3 Å². The lowest BCUT2D eigenvalue weighted by atomic mass is 9.86. The topological polar surface area (TPSA) is 128 Å². The summed E-state index contributed by atoms with van der Waals surface area (Å²) in [4.78, 5) is 49.2. The van der Waals surface area contributed by atoms with Gasteiger partial charge >= 0.3 is 5.97 Å². The van der Waals surface area contributed by atoms with Gasteiger partial charge < -0.3 is 14.8 Å². The van der Waals surface area contributed by atoms with E-state index in [-0.39, 0.29) is 29.6 Å². The molecule has 11 heteroatoms. The van der Waals surface area contributed by atoms with Gasteiger partial charge in [-0.25, -0.2) is 4.79 Å². The van der Waals surface area contributed by atoms with E-state index in [9.17, 15) is 24.5 Å². The van der Waals surface area contributed by atoms with Gasteiger partial charge in [0.2, 0.25) is 0 Å². The molecule has 176 valence electrons. The minimum absolute atomic E-state index is 0.0455. The molecule has 0 saturated carbocycles. The Morgan fingerprint density at radius 3 is 2.53 bits per heavy atom. The zero-order valence-corrected chi connectivity index (χ0v) is 18.6. The fourth-order valence-electron chi connectivity index (χ4n) is 3.82. The number of β-lactam (4-membered cyclic amide) rings is 1. The normalized spacial score (nSPS) is 19.1. The van der Waals surface area contributed by atoms with Gasteiger partial charge in [0.15, 0.2) is 6.61 Å². The number of carbonyl (C=O) groups is 3. The van der Waals surface area contributed by atoms with Crippen molar-refractivity contribution in [2.45, 2.75) is 31.5 Å². The van der Waals surface area contributed by atoms with Crippen LogP contribution in [0.1, 0.15) is 18.4 Å². The maximum atomic E-state index is 12.7. The number of allylic oxidation sites excluding steroid dienone is 1. The summed E-state index contributed by atoms with van der Waals surface area (Å²) in [5.41, 5.74) is 0.418. The first-order chi connectivity index (χ1) is 16.3. The maximum absolute atomic E-state index is 12.7. The number of esters is 1. The van der Waals surface area contributed by atoms with Crippen LogP contribution in [0.25, 0.3) is 0 Å². The van der Waals surface area contributed by atoms with Crippen LogP contribution < -0.4 is 10.1 Å². The van der Waals surface area contributed by atoms with Crippen molar-refractivity contribution in [3.05, 3.63) is 81.0 Å². The summed E-state index contributed by atoms with van der Waals surface area (Å²) in [6.45, 7) is -0.393. The highest BCUT2D eigenvalue weighted by atomic mass is 35.5. The number of nitro benzene ring substituents is 1. The second kappa shape index (κ2) is 9.92. The van der Waals surface area contributed by atoms with Crippen LogP contribution in [0, 0.1) is 10.1 Å². The third-order valence-electron chi connectivity index (χ3n) is 5.52. The molecule has 0 aliphatic carbocycles. The monoisotopic (exact) mass is 485 g/mol. The van der Waals surface area contributed by atoms with Gasteiger partial charge in [-0.05, 0) is 42.7 Å². The summed E-state index contributed by atoms with van der Waals surface area (Å²) in [5, 5.41) is 13.6. The summed E-state index contributed by atoms with van der Waals surface area (Å²) in [5.74, 6) is -1.16. The standard InChI is InChI=1S/C23H20ClN3O7/c24-17-10-11-18-20(25-19(28)13-33-16-4-2-1-3-5-16)22(29)26(18)21(17)23(30)34-12-14-6-8-15(9-7-14)27(31)32/h1-9,18,20H,10-13H2,(H,25,28)/t18-,20+/m1/s1. The maximum Gasteiger partial charge on any atom is 0.356 e. The molecule has 0 bridgehead atoms. The second-order valence-electron chi connectivity index (χ2n) is 7.71. The molecule has 2 heterocycles. The zero-order chi connectivity index (χ0) is 24.2. The van der Waals surface area contributed by atoms with Crippen LogP contribution in [-0.4, -0.2) is 46.3 Å². The van der Waals surface area contributed by atoms with Crippen molar-refractivity contribution >= 4 is 35.1 Å². The Bertz CT molecular complexity index is 1150. The van der Waals surface area contributed by atoms with Crippen molar-refractivity contribution in [1.82, 2.24) is 10.2 Å². The van der Waals surface area contributed by atoms with Crippen molar-refractivity contribution in [3.63, 3.8) is 0 Å². The fraction of sp³-hybridized carbons (Fsp3) is 0.261. The number of non-ortho nitro benzene ring substituents is 1. The SMILES string of the molecule is O=C(COc1ccccc1)N[C@@H]1C(=O)N2C(C(=O)OCc3ccc([N+](=O)[O-])cc3)=C(Cl)CC[C@H]12. The van der Waals surface area contributed by atoms with Crippen molar-refractivity contribution in [3.8, 4) is 5.75 Å². The number of rotatable bonds is 8.